The van der Waals surface area contributed by atoms with E-state index in [9.17, 15) is 9.59 Å². The Labute approximate surface area is 149 Å². The summed E-state index contributed by atoms with van der Waals surface area (Å²) in [6.45, 7) is 0.958. The van der Waals surface area contributed by atoms with Gasteiger partial charge in [-0.05, 0) is 42.3 Å². The molecule has 0 saturated carbocycles. The van der Waals surface area contributed by atoms with Gasteiger partial charge in [-0.25, -0.2) is 0 Å². The normalized spacial score (nSPS) is 13.3. The summed E-state index contributed by atoms with van der Waals surface area (Å²) < 4.78 is 0. The third kappa shape index (κ3) is 2.97. The van der Waals surface area contributed by atoms with Crippen molar-refractivity contribution < 1.29 is 9.59 Å². The van der Waals surface area contributed by atoms with Crippen molar-refractivity contribution >= 4 is 11.8 Å². The lowest BCUT2D eigenvalue weighted by molar-refractivity contribution is 0.0651. The standard InChI is InChI=1S/C18H16N6O2/c25-17-14-5-1-2-6-15(14)18(26)23(17)11-3-4-12-24-21-16(20-22-24)13-7-9-19-10-8-13/h1-2,5-10H,3-4,11-12H2. The number of pyridine rings is 1. The first-order chi connectivity index (χ1) is 12.7. The van der Waals surface area contributed by atoms with E-state index in [1.807, 2.05) is 12.1 Å². The second kappa shape index (κ2) is 6.83. The topological polar surface area (TPSA) is 93.9 Å². The van der Waals surface area contributed by atoms with E-state index in [-0.39, 0.29) is 11.8 Å². The van der Waals surface area contributed by atoms with E-state index in [1.54, 1.807) is 36.7 Å². The highest BCUT2D eigenvalue weighted by Crippen LogP contribution is 2.22. The van der Waals surface area contributed by atoms with Crippen molar-refractivity contribution in [3.8, 4) is 11.4 Å². The molecule has 0 unspecified atom stereocenters. The van der Waals surface area contributed by atoms with Crippen LogP contribution in [0.2, 0.25) is 0 Å². The van der Waals surface area contributed by atoms with Crippen LogP contribution in [0.1, 0.15) is 33.6 Å². The molecule has 2 amide bonds. The molecule has 1 aromatic carbocycles. The average molecular weight is 348 g/mol. The van der Waals surface area contributed by atoms with Gasteiger partial charge in [0, 0.05) is 24.5 Å². The van der Waals surface area contributed by atoms with Gasteiger partial charge < -0.3 is 0 Å². The monoisotopic (exact) mass is 348 g/mol. The maximum absolute atomic E-state index is 12.3. The van der Waals surface area contributed by atoms with Crippen molar-refractivity contribution in [2.45, 2.75) is 19.4 Å². The predicted molar refractivity (Wildman–Crippen MR) is 92.1 cm³/mol. The van der Waals surface area contributed by atoms with E-state index in [0.717, 1.165) is 12.0 Å². The van der Waals surface area contributed by atoms with Gasteiger partial charge in [0.2, 0.25) is 5.82 Å². The molecule has 8 nitrogen and oxygen atoms in total. The number of unbranched alkanes of at least 4 members (excludes halogenated alkanes) is 1. The fraction of sp³-hybridized carbons (Fsp3) is 0.222. The molecule has 0 atom stereocenters. The van der Waals surface area contributed by atoms with Crippen LogP contribution < -0.4 is 0 Å². The Hall–Kier alpha value is -3.42. The van der Waals surface area contributed by atoms with E-state index >= 15 is 0 Å². The lowest BCUT2D eigenvalue weighted by Gasteiger charge is -2.13. The molecule has 26 heavy (non-hydrogen) atoms. The number of imide groups is 1. The van der Waals surface area contributed by atoms with Gasteiger partial charge in [0.1, 0.15) is 0 Å². The lowest BCUT2D eigenvalue weighted by Crippen LogP contribution is -2.30. The molecule has 1 aliphatic heterocycles. The smallest absolute Gasteiger partial charge is 0.261 e. The molecule has 0 saturated heterocycles. The molecule has 8 heteroatoms. The van der Waals surface area contributed by atoms with Gasteiger partial charge in [-0.15, -0.1) is 10.2 Å². The first kappa shape index (κ1) is 16.1. The SMILES string of the molecule is O=C1c2ccccc2C(=O)N1CCCCn1nnc(-c2ccncc2)n1. The van der Waals surface area contributed by atoms with Crippen LogP contribution >= 0.6 is 0 Å². The average Bonchev–Trinajstić information content (AvgIpc) is 3.25. The number of benzene rings is 1. The minimum atomic E-state index is -0.218. The Morgan fingerprint density at radius 2 is 1.50 bits per heavy atom. The Balaban J connectivity index is 1.31. The Morgan fingerprint density at radius 1 is 0.846 bits per heavy atom. The zero-order valence-corrected chi connectivity index (χ0v) is 13.9. The van der Waals surface area contributed by atoms with Crippen LogP contribution in [0.25, 0.3) is 11.4 Å². The summed E-state index contributed by atoms with van der Waals surface area (Å²) in [5.41, 5.74) is 1.83. The van der Waals surface area contributed by atoms with Crippen LogP contribution in [0.4, 0.5) is 0 Å². The van der Waals surface area contributed by atoms with Crippen LogP contribution in [0, 0.1) is 0 Å². The highest BCUT2D eigenvalue weighted by Gasteiger charge is 2.34. The summed E-state index contributed by atoms with van der Waals surface area (Å²) in [5, 5.41) is 12.4. The van der Waals surface area contributed by atoms with E-state index in [0.29, 0.717) is 36.5 Å². The summed E-state index contributed by atoms with van der Waals surface area (Å²) >= 11 is 0. The second-order valence-electron chi connectivity index (χ2n) is 5.96. The molecule has 0 bridgehead atoms. The summed E-state index contributed by atoms with van der Waals surface area (Å²) in [6.07, 6.45) is 4.77. The fourth-order valence-corrected chi connectivity index (χ4v) is 2.92. The van der Waals surface area contributed by atoms with Crippen molar-refractivity contribution in [1.82, 2.24) is 30.1 Å². The largest absolute Gasteiger partial charge is 0.274 e. The van der Waals surface area contributed by atoms with Crippen LogP contribution in [-0.2, 0) is 6.54 Å². The third-order valence-corrected chi connectivity index (χ3v) is 4.26. The van der Waals surface area contributed by atoms with Crippen molar-refractivity contribution in [2.75, 3.05) is 6.54 Å². The highest BCUT2D eigenvalue weighted by molar-refractivity contribution is 6.21. The number of hydrogen-bond donors (Lipinski definition) is 0. The number of carbonyl (C=O) groups is 2. The van der Waals surface area contributed by atoms with Gasteiger partial charge in [-0.3, -0.25) is 19.5 Å². The number of amides is 2. The summed E-state index contributed by atoms with van der Waals surface area (Å²) in [7, 11) is 0. The molecule has 1 aliphatic rings. The van der Waals surface area contributed by atoms with Crippen LogP contribution in [0.3, 0.4) is 0 Å². The van der Waals surface area contributed by atoms with Crippen molar-refractivity contribution in [1.29, 1.82) is 0 Å². The molecular weight excluding hydrogens is 332 g/mol. The molecule has 0 spiro atoms. The zero-order valence-electron chi connectivity index (χ0n) is 13.9. The Kier molecular flexibility index (Phi) is 4.22. The number of aryl methyl sites for hydroxylation is 1. The molecule has 0 aliphatic carbocycles. The predicted octanol–water partition coefficient (Wildman–Crippen LogP) is 1.81. The molecular formula is C18H16N6O2. The van der Waals surface area contributed by atoms with E-state index in [2.05, 4.69) is 20.4 Å². The second-order valence-corrected chi connectivity index (χ2v) is 5.96. The highest BCUT2D eigenvalue weighted by atomic mass is 16.2. The molecule has 4 rings (SSSR count). The molecule has 0 fully saturated rings. The van der Waals surface area contributed by atoms with Crippen molar-refractivity contribution in [3.63, 3.8) is 0 Å². The van der Waals surface area contributed by atoms with Gasteiger partial charge in [0.05, 0.1) is 17.7 Å². The maximum atomic E-state index is 12.3. The summed E-state index contributed by atoms with van der Waals surface area (Å²) in [6, 6.07) is 10.6. The molecule has 3 heterocycles. The number of nitrogens with zero attached hydrogens (tertiary/aromatic N) is 6. The molecule has 2 aromatic heterocycles. The first-order valence-corrected chi connectivity index (χ1v) is 8.37. The molecule has 3 aromatic rings. The maximum Gasteiger partial charge on any atom is 0.261 e. The van der Waals surface area contributed by atoms with Gasteiger partial charge in [0.25, 0.3) is 11.8 Å². The van der Waals surface area contributed by atoms with Gasteiger partial charge in [-0.1, -0.05) is 12.1 Å². The van der Waals surface area contributed by atoms with Crippen LogP contribution in [-0.4, -0.2) is 48.5 Å². The minimum Gasteiger partial charge on any atom is -0.274 e. The molecule has 0 radical (unpaired) electrons. The number of tetrazole rings is 1. The van der Waals surface area contributed by atoms with Crippen LogP contribution in [0.15, 0.2) is 48.8 Å². The first-order valence-electron chi connectivity index (χ1n) is 8.37. The minimum absolute atomic E-state index is 0.218. The fourth-order valence-electron chi connectivity index (χ4n) is 2.92. The van der Waals surface area contributed by atoms with Gasteiger partial charge >= 0.3 is 0 Å². The quantitative estimate of drug-likeness (QED) is 0.498. The number of hydrogen-bond acceptors (Lipinski definition) is 6. The van der Waals surface area contributed by atoms with Crippen molar-refractivity contribution in [3.05, 3.63) is 59.9 Å². The third-order valence-electron chi connectivity index (χ3n) is 4.26. The number of fused-ring (bicyclic) bond motifs is 1. The van der Waals surface area contributed by atoms with E-state index in [1.165, 1.54) is 9.70 Å². The molecule has 0 N–H and O–H groups in total. The number of aromatic nitrogens is 5. The van der Waals surface area contributed by atoms with Crippen molar-refractivity contribution in [2.24, 2.45) is 0 Å². The van der Waals surface area contributed by atoms with Crippen LogP contribution in [0.5, 0.6) is 0 Å². The summed E-state index contributed by atoms with van der Waals surface area (Å²) in [4.78, 5) is 31.4. The number of rotatable bonds is 6. The van der Waals surface area contributed by atoms with E-state index in [4.69, 9.17) is 0 Å². The molecule has 130 valence electrons. The zero-order chi connectivity index (χ0) is 17.9. The number of carbonyl (C=O) groups excluding carboxylic acids is 2. The Bertz CT molecular complexity index is 918. The summed E-state index contributed by atoms with van der Waals surface area (Å²) in [5.74, 6) is 0.113. The van der Waals surface area contributed by atoms with Gasteiger partial charge in [0.15, 0.2) is 0 Å². The Morgan fingerprint density at radius 3 is 2.19 bits per heavy atom. The lowest BCUT2D eigenvalue weighted by atomic mass is 10.1. The van der Waals surface area contributed by atoms with Gasteiger partial charge in [-0.2, -0.15) is 4.80 Å². The van der Waals surface area contributed by atoms with E-state index < -0.39 is 0 Å².